The summed E-state index contributed by atoms with van der Waals surface area (Å²) in [5, 5.41) is 9.18. The normalized spacial score (nSPS) is 12.3. The molecule has 0 radical (unpaired) electrons. The van der Waals surface area contributed by atoms with Crippen molar-refractivity contribution < 1.29 is 22.4 Å². The quantitative estimate of drug-likeness (QED) is 0.409. The van der Waals surface area contributed by atoms with Gasteiger partial charge in [-0.1, -0.05) is 12.1 Å². The standard InChI is InChI=1S/C21H19F4N5O2/c1-11(12-7-13(21(23,24)25)9-14(26)8-12)28-20(32)19-16(27-2)10-18(31)30(29-19)17-6-4-3-5-15(17)22/h3-11,27H,26H2,1-2H3,(H,28,32). The molecule has 1 heterocycles. The molecule has 0 spiro atoms. The van der Waals surface area contributed by atoms with Crippen molar-refractivity contribution in [3.8, 4) is 5.69 Å². The number of hydrogen-bond donors (Lipinski definition) is 3. The molecular formula is C21H19F4N5O2. The van der Waals surface area contributed by atoms with Crippen molar-refractivity contribution in [3.63, 3.8) is 0 Å². The van der Waals surface area contributed by atoms with Crippen LogP contribution in [0.1, 0.15) is 34.6 Å². The van der Waals surface area contributed by atoms with Crippen molar-refractivity contribution in [3.05, 3.63) is 81.5 Å². The zero-order chi connectivity index (χ0) is 23.6. The maximum Gasteiger partial charge on any atom is 0.416 e. The highest BCUT2D eigenvalue weighted by molar-refractivity contribution is 5.97. The topological polar surface area (TPSA) is 102 Å². The van der Waals surface area contributed by atoms with Crippen LogP contribution in [0.3, 0.4) is 0 Å². The molecule has 0 fully saturated rings. The lowest BCUT2D eigenvalue weighted by Gasteiger charge is -2.18. The molecule has 0 aliphatic carbocycles. The lowest BCUT2D eigenvalue weighted by molar-refractivity contribution is -0.137. The van der Waals surface area contributed by atoms with Crippen LogP contribution in [0.15, 0.2) is 53.3 Å². The SMILES string of the molecule is CNc1cc(=O)n(-c2ccccc2F)nc1C(=O)NC(C)c1cc(N)cc(C(F)(F)F)c1. The van der Waals surface area contributed by atoms with Gasteiger partial charge in [-0.05, 0) is 42.8 Å². The van der Waals surface area contributed by atoms with Gasteiger partial charge in [0.25, 0.3) is 11.5 Å². The van der Waals surface area contributed by atoms with Gasteiger partial charge in [0.15, 0.2) is 5.69 Å². The smallest absolute Gasteiger partial charge is 0.399 e. The Morgan fingerprint density at radius 3 is 2.47 bits per heavy atom. The summed E-state index contributed by atoms with van der Waals surface area (Å²) in [7, 11) is 1.46. The molecule has 1 amide bonds. The molecule has 7 nitrogen and oxygen atoms in total. The zero-order valence-electron chi connectivity index (χ0n) is 17.0. The Bertz CT molecular complexity index is 1220. The van der Waals surface area contributed by atoms with Gasteiger partial charge in [-0.2, -0.15) is 23.0 Å². The first-order valence-corrected chi connectivity index (χ1v) is 9.37. The predicted molar refractivity (Wildman–Crippen MR) is 111 cm³/mol. The number of alkyl halides is 3. The van der Waals surface area contributed by atoms with Gasteiger partial charge in [0.2, 0.25) is 0 Å². The number of nitrogens with two attached hydrogens (primary N) is 1. The van der Waals surface area contributed by atoms with Crippen LogP contribution >= 0.6 is 0 Å². The summed E-state index contributed by atoms with van der Waals surface area (Å²) in [5.74, 6) is -1.51. The molecule has 1 atom stereocenters. The zero-order valence-corrected chi connectivity index (χ0v) is 17.0. The van der Waals surface area contributed by atoms with Gasteiger partial charge in [-0.3, -0.25) is 9.59 Å². The van der Waals surface area contributed by atoms with Crippen molar-refractivity contribution in [1.82, 2.24) is 15.1 Å². The summed E-state index contributed by atoms with van der Waals surface area (Å²) in [4.78, 5) is 25.3. The summed E-state index contributed by atoms with van der Waals surface area (Å²) in [5.41, 5.74) is 3.62. The molecule has 32 heavy (non-hydrogen) atoms. The number of nitrogens with one attached hydrogen (secondary N) is 2. The van der Waals surface area contributed by atoms with E-state index in [2.05, 4.69) is 15.7 Å². The van der Waals surface area contributed by atoms with Crippen LogP contribution < -0.4 is 21.9 Å². The molecule has 2 aromatic carbocycles. The van der Waals surface area contributed by atoms with Crippen LogP contribution in [0.25, 0.3) is 5.69 Å². The first kappa shape index (κ1) is 22.8. The fourth-order valence-corrected chi connectivity index (χ4v) is 3.05. The van der Waals surface area contributed by atoms with E-state index in [-0.39, 0.29) is 28.3 Å². The van der Waals surface area contributed by atoms with Crippen LogP contribution in [-0.2, 0) is 6.18 Å². The van der Waals surface area contributed by atoms with Crippen molar-refractivity contribution in [1.29, 1.82) is 0 Å². The molecule has 0 saturated heterocycles. The maximum absolute atomic E-state index is 14.2. The maximum atomic E-state index is 14.2. The third kappa shape index (κ3) is 4.71. The first-order valence-electron chi connectivity index (χ1n) is 9.37. The summed E-state index contributed by atoms with van der Waals surface area (Å²) in [6.07, 6.45) is -4.61. The molecule has 0 aliphatic rings. The summed E-state index contributed by atoms with van der Waals surface area (Å²) in [6.45, 7) is 1.47. The molecule has 3 rings (SSSR count). The van der Waals surface area contributed by atoms with E-state index in [0.29, 0.717) is 0 Å². The van der Waals surface area contributed by atoms with Gasteiger partial charge in [-0.25, -0.2) is 4.39 Å². The number of halogens is 4. The molecule has 1 unspecified atom stereocenters. The molecule has 1 aromatic heterocycles. The van der Waals surface area contributed by atoms with Crippen LogP contribution in [-0.4, -0.2) is 22.7 Å². The van der Waals surface area contributed by atoms with E-state index in [4.69, 9.17) is 5.73 Å². The molecule has 0 saturated carbocycles. The highest BCUT2D eigenvalue weighted by Gasteiger charge is 2.31. The van der Waals surface area contributed by atoms with E-state index in [0.717, 1.165) is 28.9 Å². The molecular weight excluding hydrogens is 430 g/mol. The Morgan fingerprint density at radius 1 is 1.16 bits per heavy atom. The van der Waals surface area contributed by atoms with Gasteiger partial charge in [0.05, 0.1) is 17.3 Å². The number of nitrogen functional groups attached to an aromatic ring is 1. The van der Waals surface area contributed by atoms with Crippen LogP contribution in [0.4, 0.5) is 28.9 Å². The number of aromatic nitrogens is 2. The lowest BCUT2D eigenvalue weighted by Crippen LogP contribution is -2.32. The van der Waals surface area contributed by atoms with Crippen molar-refractivity contribution in [2.75, 3.05) is 18.1 Å². The van der Waals surface area contributed by atoms with Crippen molar-refractivity contribution in [2.45, 2.75) is 19.1 Å². The molecule has 168 valence electrons. The second-order valence-corrected chi connectivity index (χ2v) is 6.94. The van der Waals surface area contributed by atoms with E-state index in [1.807, 2.05) is 0 Å². The molecule has 0 aliphatic heterocycles. The number of nitrogens with zero attached hydrogens (tertiary/aromatic N) is 2. The number of anilines is 2. The van der Waals surface area contributed by atoms with Gasteiger partial charge in [0, 0.05) is 18.8 Å². The van der Waals surface area contributed by atoms with Crippen molar-refractivity contribution in [2.24, 2.45) is 0 Å². The average molecular weight is 449 g/mol. The second-order valence-electron chi connectivity index (χ2n) is 6.94. The van der Waals surface area contributed by atoms with Crippen LogP contribution in [0, 0.1) is 5.82 Å². The Morgan fingerprint density at radius 2 is 1.84 bits per heavy atom. The minimum atomic E-state index is -4.61. The number of hydrogen-bond acceptors (Lipinski definition) is 5. The van der Waals surface area contributed by atoms with Gasteiger partial charge in [-0.15, -0.1) is 0 Å². The third-order valence-electron chi connectivity index (χ3n) is 4.65. The number of rotatable bonds is 5. The number of carbonyl (C=O) groups excluding carboxylic acids is 1. The monoisotopic (exact) mass is 449 g/mol. The second kappa shape index (κ2) is 8.69. The van der Waals surface area contributed by atoms with E-state index in [1.165, 1.54) is 38.2 Å². The largest absolute Gasteiger partial charge is 0.416 e. The molecule has 3 aromatic rings. The predicted octanol–water partition coefficient (Wildman–Crippen LogP) is 3.51. The summed E-state index contributed by atoms with van der Waals surface area (Å²) >= 11 is 0. The van der Waals surface area contributed by atoms with Crippen LogP contribution in [0.5, 0.6) is 0 Å². The van der Waals surface area contributed by atoms with E-state index in [1.54, 1.807) is 0 Å². The third-order valence-corrected chi connectivity index (χ3v) is 4.65. The minimum Gasteiger partial charge on any atom is -0.399 e. The Hall–Kier alpha value is -3.89. The minimum absolute atomic E-state index is 0.0656. The molecule has 0 bridgehead atoms. The number of benzene rings is 2. The summed E-state index contributed by atoms with van der Waals surface area (Å²) in [6, 6.07) is 8.56. The van der Waals surface area contributed by atoms with E-state index >= 15 is 0 Å². The van der Waals surface area contributed by atoms with Gasteiger partial charge >= 0.3 is 6.18 Å². The Kier molecular flexibility index (Phi) is 6.19. The number of amides is 1. The average Bonchev–Trinajstić information content (AvgIpc) is 2.73. The Balaban J connectivity index is 1.98. The van der Waals surface area contributed by atoms with Gasteiger partial charge < -0.3 is 16.4 Å². The summed E-state index contributed by atoms with van der Waals surface area (Å²) < 4.78 is 54.2. The molecule has 4 N–H and O–H groups in total. The lowest BCUT2D eigenvalue weighted by atomic mass is 10.0. The Labute approximate surface area is 179 Å². The van der Waals surface area contributed by atoms with E-state index < -0.39 is 35.1 Å². The first-order chi connectivity index (χ1) is 15.0. The number of carbonyl (C=O) groups is 1. The highest BCUT2D eigenvalue weighted by Crippen LogP contribution is 2.32. The number of para-hydroxylation sites is 1. The molecule has 11 heteroatoms. The fourth-order valence-electron chi connectivity index (χ4n) is 3.05. The van der Waals surface area contributed by atoms with Crippen LogP contribution in [0.2, 0.25) is 0 Å². The highest BCUT2D eigenvalue weighted by atomic mass is 19.4. The fraction of sp³-hybridized carbons (Fsp3) is 0.190. The van der Waals surface area contributed by atoms with Crippen molar-refractivity contribution >= 4 is 17.3 Å². The van der Waals surface area contributed by atoms with Gasteiger partial charge in [0.1, 0.15) is 11.5 Å². The van der Waals surface area contributed by atoms with E-state index in [9.17, 15) is 27.2 Å².